The number of fused-ring (bicyclic) bond motifs is 1. The molecule has 2 fully saturated rings. The lowest BCUT2D eigenvalue weighted by atomic mass is 9.94. The van der Waals surface area contributed by atoms with Crippen LogP contribution in [0.4, 0.5) is 5.95 Å². The van der Waals surface area contributed by atoms with Gasteiger partial charge in [0.25, 0.3) is 0 Å². The topological polar surface area (TPSA) is 53.1 Å². The van der Waals surface area contributed by atoms with Crippen LogP contribution >= 0.6 is 0 Å². The molecule has 0 aliphatic carbocycles. The van der Waals surface area contributed by atoms with E-state index in [2.05, 4.69) is 25.7 Å². The Morgan fingerprint density at radius 1 is 1.31 bits per heavy atom. The second-order valence-electron chi connectivity index (χ2n) is 4.55. The van der Waals surface area contributed by atoms with Crippen molar-refractivity contribution in [3.05, 3.63) is 18.5 Å². The molecule has 0 radical (unpaired) electrons. The van der Waals surface area contributed by atoms with Crippen LogP contribution in [0.3, 0.4) is 0 Å². The number of rotatable bonds is 2. The molecular formula is C11H17N5. The van der Waals surface area contributed by atoms with Crippen LogP contribution in [0.2, 0.25) is 0 Å². The monoisotopic (exact) mass is 219 g/mol. The van der Waals surface area contributed by atoms with Gasteiger partial charge in [-0.2, -0.15) is 0 Å². The van der Waals surface area contributed by atoms with E-state index in [1.165, 1.54) is 12.8 Å². The summed E-state index contributed by atoms with van der Waals surface area (Å²) in [6.07, 6.45) is 6.16. The molecule has 3 heterocycles. The highest BCUT2D eigenvalue weighted by molar-refractivity contribution is 5.21. The van der Waals surface area contributed by atoms with Gasteiger partial charge >= 0.3 is 0 Å². The number of aromatic nitrogens is 2. The van der Waals surface area contributed by atoms with Crippen molar-refractivity contribution >= 4 is 5.95 Å². The van der Waals surface area contributed by atoms with E-state index in [-0.39, 0.29) is 0 Å². The Labute approximate surface area is 95.2 Å². The van der Waals surface area contributed by atoms with Gasteiger partial charge in [0, 0.05) is 31.5 Å². The minimum Gasteiger partial charge on any atom is -0.312 e. The van der Waals surface area contributed by atoms with Gasteiger partial charge in [-0.05, 0) is 31.4 Å². The molecule has 2 aliphatic heterocycles. The lowest BCUT2D eigenvalue weighted by molar-refractivity contribution is 0.337. The Balaban J connectivity index is 1.61. The van der Waals surface area contributed by atoms with E-state index in [0.29, 0.717) is 12.0 Å². The number of anilines is 1. The fraction of sp³-hybridized carbons (Fsp3) is 0.636. The van der Waals surface area contributed by atoms with Crippen molar-refractivity contribution in [3.63, 3.8) is 0 Å². The Morgan fingerprint density at radius 2 is 2.19 bits per heavy atom. The number of nitrogens with zero attached hydrogens (tertiary/aromatic N) is 3. The molecule has 1 aromatic heterocycles. The van der Waals surface area contributed by atoms with Gasteiger partial charge in [0.15, 0.2) is 0 Å². The summed E-state index contributed by atoms with van der Waals surface area (Å²) in [4.78, 5) is 8.35. The number of hydrogen-bond donors (Lipinski definition) is 2. The molecule has 3 rings (SSSR count). The molecule has 0 saturated carbocycles. The Bertz CT molecular complexity index is 327. The summed E-state index contributed by atoms with van der Waals surface area (Å²) in [5.74, 6) is 1.48. The van der Waals surface area contributed by atoms with E-state index in [9.17, 15) is 0 Å². The van der Waals surface area contributed by atoms with Gasteiger partial charge < -0.3 is 5.32 Å². The van der Waals surface area contributed by atoms with Gasteiger partial charge in [-0.3, -0.25) is 5.43 Å². The van der Waals surface area contributed by atoms with Gasteiger partial charge in [-0.25, -0.2) is 15.0 Å². The maximum Gasteiger partial charge on any atom is 0.237 e. The molecule has 2 saturated heterocycles. The average molecular weight is 219 g/mol. The third kappa shape index (κ3) is 2.01. The molecular weight excluding hydrogens is 202 g/mol. The standard InChI is InChI=1S/C11H17N5/c1-3-9-7-16(8-10(9)12-4-1)15-11-13-5-2-6-14-11/h2,5-6,9-10,12H,1,3-4,7-8H2,(H,13,14,15)/t9-,10+/m1/s1. The quantitative estimate of drug-likeness (QED) is 0.758. The molecule has 5 nitrogen and oxygen atoms in total. The second-order valence-corrected chi connectivity index (χ2v) is 4.55. The lowest BCUT2D eigenvalue weighted by Crippen LogP contribution is -2.41. The SMILES string of the molecule is c1cnc(NN2C[C@H]3CCCN[C@H]3C2)nc1. The van der Waals surface area contributed by atoms with E-state index in [0.717, 1.165) is 25.6 Å². The van der Waals surface area contributed by atoms with Crippen molar-refractivity contribution < 1.29 is 0 Å². The van der Waals surface area contributed by atoms with Crippen LogP contribution in [-0.2, 0) is 0 Å². The fourth-order valence-corrected chi connectivity index (χ4v) is 2.64. The molecule has 5 heteroatoms. The third-order valence-corrected chi connectivity index (χ3v) is 3.42. The van der Waals surface area contributed by atoms with Crippen molar-refractivity contribution in [2.24, 2.45) is 5.92 Å². The van der Waals surface area contributed by atoms with Crippen molar-refractivity contribution in [1.82, 2.24) is 20.3 Å². The van der Waals surface area contributed by atoms with Crippen LogP contribution in [0, 0.1) is 5.92 Å². The minimum atomic E-state index is 0.643. The van der Waals surface area contributed by atoms with E-state index in [1.54, 1.807) is 12.4 Å². The zero-order chi connectivity index (χ0) is 10.8. The number of hydrogen-bond acceptors (Lipinski definition) is 5. The first-order chi connectivity index (χ1) is 7.92. The molecule has 0 unspecified atom stereocenters. The van der Waals surface area contributed by atoms with Crippen LogP contribution in [0.1, 0.15) is 12.8 Å². The smallest absolute Gasteiger partial charge is 0.237 e. The maximum atomic E-state index is 4.18. The molecule has 1 aromatic rings. The molecule has 86 valence electrons. The summed E-state index contributed by atoms with van der Waals surface area (Å²) in [6.45, 7) is 3.30. The zero-order valence-corrected chi connectivity index (χ0v) is 9.26. The van der Waals surface area contributed by atoms with E-state index >= 15 is 0 Å². The van der Waals surface area contributed by atoms with Gasteiger partial charge in [0.1, 0.15) is 0 Å². The van der Waals surface area contributed by atoms with Crippen LogP contribution in [0.5, 0.6) is 0 Å². The Hall–Kier alpha value is -1.20. The van der Waals surface area contributed by atoms with Gasteiger partial charge in [0.2, 0.25) is 5.95 Å². The lowest BCUT2D eigenvalue weighted by Gasteiger charge is -2.24. The Kier molecular flexibility index (Phi) is 2.71. The first-order valence-corrected chi connectivity index (χ1v) is 5.94. The van der Waals surface area contributed by atoms with E-state index < -0.39 is 0 Å². The molecule has 16 heavy (non-hydrogen) atoms. The predicted octanol–water partition coefficient (Wildman–Crippen LogP) is 0.487. The van der Waals surface area contributed by atoms with Crippen LogP contribution in [0.15, 0.2) is 18.5 Å². The van der Waals surface area contributed by atoms with Crippen LogP contribution in [0.25, 0.3) is 0 Å². The van der Waals surface area contributed by atoms with Crippen LogP contribution < -0.4 is 10.7 Å². The summed E-state index contributed by atoms with van der Waals surface area (Å²) < 4.78 is 0. The molecule has 0 bridgehead atoms. The second kappa shape index (κ2) is 4.35. The van der Waals surface area contributed by atoms with Crippen molar-refractivity contribution in [1.29, 1.82) is 0 Å². The average Bonchev–Trinajstić information content (AvgIpc) is 2.72. The van der Waals surface area contributed by atoms with Gasteiger partial charge in [0.05, 0.1) is 0 Å². The molecule has 2 atom stereocenters. The van der Waals surface area contributed by atoms with Crippen molar-refractivity contribution in [3.8, 4) is 0 Å². The zero-order valence-electron chi connectivity index (χ0n) is 9.26. The summed E-state index contributed by atoms with van der Waals surface area (Å²) in [7, 11) is 0. The highest BCUT2D eigenvalue weighted by atomic mass is 15.5. The molecule has 0 spiro atoms. The molecule has 0 aromatic carbocycles. The maximum absolute atomic E-state index is 4.18. The summed E-state index contributed by atoms with van der Waals surface area (Å²) in [5.41, 5.74) is 3.27. The van der Waals surface area contributed by atoms with E-state index in [1.807, 2.05) is 6.07 Å². The number of nitrogens with one attached hydrogen (secondary N) is 2. The first-order valence-electron chi connectivity index (χ1n) is 5.94. The van der Waals surface area contributed by atoms with Crippen LogP contribution in [-0.4, -0.2) is 40.7 Å². The molecule has 0 amide bonds. The number of hydrazine groups is 1. The summed E-state index contributed by atoms with van der Waals surface area (Å²) >= 11 is 0. The predicted molar refractivity (Wildman–Crippen MR) is 61.7 cm³/mol. The number of piperidine rings is 1. The van der Waals surface area contributed by atoms with Crippen molar-refractivity contribution in [2.75, 3.05) is 25.1 Å². The molecule has 2 aliphatic rings. The largest absolute Gasteiger partial charge is 0.312 e. The highest BCUT2D eigenvalue weighted by Gasteiger charge is 2.34. The molecule has 2 N–H and O–H groups in total. The fourth-order valence-electron chi connectivity index (χ4n) is 2.64. The Morgan fingerprint density at radius 3 is 3.00 bits per heavy atom. The normalized spacial score (nSPS) is 30.0. The van der Waals surface area contributed by atoms with E-state index in [4.69, 9.17) is 0 Å². The first kappa shape index (κ1) is 9.99. The summed E-state index contributed by atoms with van der Waals surface area (Å²) in [5, 5.41) is 5.80. The summed E-state index contributed by atoms with van der Waals surface area (Å²) in [6, 6.07) is 2.47. The van der Waals surface area contributed by atoms with Gasteiger partial charge in [-0.1, -0.05) is 0 Å². The minimum absolute atomic E-state index is 0.643. The highest BCUT2D eigenvalue weighted by Crippen LogP contribution is 2.24. The van der Waals surface area contributed by atoms with Crippen molar-refractivity contribution in [2.45, 2.75) is 18.9 Å². The van der Waals surface area contributed by atoms with Gasteiger partial charge in [-0.15, -0.1) is 0 Å². The third-order valence-electron chi connectivity index (χ3n) is 3.42.